The molecule has 0 unspecified atom stereocenters. The van der Waals surface area contributed by atoms with Gasteiger partial charge >= 0.3 is 0 Å². The maximum absolute atomic E-state index is 5.23. The maximum atomic E-state index is 5.23. The lowest BCUT2D eigenvalue weighted by atomic mass is 10.1. The average Bonchev–Trinajstić information content (AvgIpc) is 3.88. The van der Waals surface area contributed by atoms with Gasteiger partial charge in [0.2, 0.25) is 0 Å². The number of para-hydroxylation sites is 4. The van der Waals surface area contributed by atoms with Gasteiger partial charge in [-0.25, -0.2) is 15.0 Å². The second-order valence-electron chi connectivity index (χ2n) is 15.4. The van der Waals surface area contributed by atoms with Crippen molar-refractivity contribution < 1.29 is 0 Å². The van der Waals surface area contributed by atoms with Crippen LogP contribution in [-0.4, -0.2) is 34.1 Å². The van der Waals surface area contributed by atoms with Crippen LogP contribution >= 0.6 is 0 Å². The van der Waals surface area contributed by atoms with Crippen molar-refractivity contribution in [1.82, 2.24) is 34.1 Å². The molecule has 0 bridgehead atoms. The number of pyridine rings is 2. The molecule has 0 fully saturated rings. The summed E-state index contributed by atoms with van der Waals surface area (Å²) in [5.41, 5.74) is 12.7. The van der Waals surface area contributed by atoms with Crippen molar-refractivity contribution in [3.05, 3.63) is 213 Å². The molecule has 290 valence electrons. The van der Waals surface area contributed by atoms with E-state index in [9.17, 15) is 0 Å². The monoisotopic (exact) mass is 793 g/mol. The Bertz CT molecular complexity index is 3270. The van der Waals surface area contributed by atoms with Crippen LogP contribution in [0.2, 0.25) is 0 Å². The van der Waals surface area contributed by atoms with E-state index in [4.69, 9.17) is 24.9 Å². The molecule has 62 heavy (non-hydrogen) atoms. The normalized spacial score (nSPS) is 11.5. The Morgan fingerprint density at radius 2 is 0.629 bits per heavy atom. The van der Waals surface area contributed by atoms with Gasteiger partial charge in [-0.05, 0) is 65.7 Å². The molecule has 5 aromatic heterocycles. The molecule has 0 aliphatic heterocycles. The fourth-order valence-electron chi connectivity index (χ4n) is 8.77. The minimum Gasteiger partial charge on any atom is -0.309 e. The highest BCUT2D eigenvalue weighted by Crippen LogP contribution is 2.38. The van der Waals surface area contributed by atoms with E-state index in [1.54, 1.807) is 0 Å². The first-order valence-electron chi connectivity index (χ1n) is 20.7. The standard InChI is InChI=1S/C55H35N7/c1-3-15-36(16-4-1)38-27-29-47(56-34-38)54-58-53(59-55(60-54)48-30-28-39(35-57-48)37-17-5-2-6-18-37)40-31-41(61-49-23-11-7-19-43(49)44-20-8-12-24-50(44)61)33-42(32-40)62-51-25-13-9-21-45(51)46-22-10-14-26-52(46)62/h1-35H. The molecule has 5 heterocycles. The second kappa shape index (κ2) is 14.6. The number of hydrogen-bond acceptors (Lipinski definition) is 5. The maximum Gasteiger partial charge on any atom is 0.182 e. The smallest absolute Gasteiger partial charge is 0.182 e. The summed E-state index contributed by atoms with van der Waals surface area (Å²) in [6.07, 6.45) is 3.76. The molecule has 0 aliphatic rings. The summed E-state index contributed by atoms with van der Waals surface area (Å²) in [5, 5.41) is 4.75. The van der Waals surface area contributed by atoms with Crippen LogP contribution in [0.4, 0.5) is 0 Å². The first-order valence-corrected chi connectivity index (χ1v) is 20.7. The van der Waals surface area contributed by atoms with Crippen molar-refractivity contribution in [3.63, 3.8) is 0 Å². The lowest BCUT2D eigenvalue weighted by Crippen LogP contribution is -2.04. The number of hydrogen-bond donors (Lipinski definition) is 0. The summed E-state index contributed by atoms with van der Waals surface area (Å²) in [4.78, 5) is 25.4. The molecule has 7 nitrogen and oxygen atoms in total. The van der Waals surface area contributed by atoms with Gasteiger partial charge in [-0.1, -0.05) is 146 Å². The second-order valence-corrected chi connectivity index (χ2v) is 15.4. The zero-order valence-corrected chi connectivity index (χ0v) is 33.3. The van der Waals surface area contributed by atoms with Crippen molar-refractivity contribution in [2.45, 2.75) is 0 Å². The molecule has 7 heteroatoms. The zero-order chi connectivity index (χ0) is 41.0. The Kier molecular flexibility index (Phi) is 8.35. The molecular weight excluding hydrogens is 759 g/mol. The van der Waals surface area contributed by atoms with Gasteiger partial charge in [0.25, 0.3) is 0 Å². The first kappa shape index (κ1) is 35.4. The third-order valence-corrected chi connectivity index (χ3v) is 11.7. The van der Waals surface area contributed by atoms with E-state index in [-0.39, 0.29) is 0 Å². The largest absolute Gasteiger partial charge is 0.309 e. The van der Waals surface area contributed by atoms with Crippen LogP contribution in [0, 0.1) is 0 Å². The number of benzene rings is 7. The summed E-state index contributed by atoms with van der Waals surface area (Å²) >= 11 is 0. The van der Waals surface area contributed by atoms with E-state index >= 15 is 0 Å². The van der Waals surface area contributed by atoms with Gasteiger partial charge in [0, 0.05) is 62.0 Å². The minimum absolute atomic E-state index is 0.458. The summed E-state index contributed by atoms with van der Waals surface area (Å²) in [7, 11) is 0. The van der Waals surface area contributed by atoms with Gasteiger partial charge in [-0.15, -0.1) is 0 Å². The Morgan fingerprint density at radius 1 is 0.274 bits per heavy atom. The molecule has 12 aromatic rings. The number of fused-ring (bicyclic) bond motifs is 6. The van der Waals surface area contributed by atoms with E-state index in [0.29, 0.717) is 28.9 Å². The summed E-state index contributed by atoms with van der Waals surface area (Å²) in [5.74, 6) is 1.43. The molecule has 0 spiro atoms. The zero-order valence-electron chi connectivity index (χ0n) is 33.3. The molecule has 12 rings (SSSR count). The quantitative estimate of drug-likeness (QED) is 0.161. The van der Waals surface area contributed by atoms with Crippen LogP contribution < -0.4 is 0 Å². The van der Waals surface area contributed by atoms with Crippen LogP contribution in [0.1, 0.15) is 0 Å². The van der Waals surface area contributed by atoms with Crippen LogP contribution in [0.15, 0.2) is 213 Å². The Balaban J connectivity index is 1.11. The van der Waals surface area contributed by atoms with Crippen molar-refractivity contribution in [1.29, 1.82) is 0 Å². The highest BCUT2D eigenvalue weighted by Gasteiger charge is 2.20. The molecular formula is C55H35N7. The molecule has 0 aliphatic carbocycles. The Labute approximate surface area is 356 Å². The highest BCUT2D eigenvalue weighted by molar-refractivity contribution is 6.10. The van der Waals surface area contributed by atoms with E-state index < -0.39 is 0 Å². The van der Waals surface area contributed by atoms with Crippen molar-refractivity contribution in [3.8, 4) is 68.1 Å². The fraction of sp³-hybridized carbons (Fsp3) is 0. The minimum atomic E-state index is 0.458. The van der Waals surface area contributed by atoms with E-state index in [1.807, 2.05) is 60.9 Å². The van der Waals surface area contributed by atoms with Gasteiger partial charge in [-0.2, -0.15) is 0 Å². The van der Waals surface area contributed by atoms with Crippen LogP contribution in [0.3, 0.4) is 0 Å². The third kappa shape index (κ3) is 6.02. The molecule has 7 aromatic carbocycles. The lowest BCUT2D eigenvalue weighted by molar-refractivity contribution is 1.04. The predicted octanol–water partition coefficient (Wildman–Crippen LogP) is 13.2. The van der Waals surface area contributed by atoms with Crippen molar-refractivity contribution in [2.75, 3.05) is 0 Å². The van der Waals surface area contributed by atoms with Gasteiger partial charge in [0.1, 0.15) is 11.4 Å². The highest BCUT2D eigenvalue weighted by atomic mass is 15.1. The first-order chi connectivity index (χ1) is 30.7. The van der Waals surface area contributed by atoms with Gasteiger partial charge in [0.15, 0.2) is 17.5 Å². The summed E-state index contributed by atoms with van der Waals surface area (Å²) in [6, 6.07) is 69.6. The molecule has 0 radical (unpaired) electrons. The molecule has 0 N–H and O–H groups in total. The number of aromatic nitrogens is 7. The lowest BCUT2D eigenvalue weighted by Gasteiger charge is -2.16. The molecule has 0 saturated carbocycles. The number of rotatable bonds is 7. The Morgan fingerprint density at radius 3 is 1.00 bits per heavy atom. The number of nitrogens with zero attached hydrogens (tertiary/aromatic N) is 7. The molecule has 0 amide bonds. The predicted molar refractivity (Wildman–Crippen MR) is 251 cm³/mol. The van der Waals surface area contributed by atoms with Crippen LogP contribution in [0.5, 0.6) is 0 Å². The fourth-order valence-corrected chi connectivity index (χ4v) is 8.77. The average molecular weight is 794 g/mol. The molecule has 0 atom stereocenters. The summed E-state index contributed by atoms with van der Waals surface area (Å²) in [6.45, 7) is 0. The van der Waals surface area contributed by atoms with Gasteiger partial charge in [-0.3, -0.25) is 9.97 Å². The topological polar surface area (TPSA) is 74.3 Å². The van der Waals surface area contributed by atoms with Gasteiger partial charge < -0.3 is 9.13 Å². The molecule has 0 saturated heterocycles. The van der Waals surface area contributed by atoms with Crippen molar-refractivity contribution in [2.24, 2.45) is 0 Å². The van der Waals surface area contributed by atoms with E-state index in [1.165, 1.54) is 21.5 Å². The van der Waals surface area contributed by atoms with E-state index in [0.717, 1.165) is 61.3 Å². The van der Waals surface area contributed by atoms with Crippen LogP contribution in [-0.2, 0) is 0 Å². The van der Waals surface area contributed by atoms with Gasteiger partial charge in [0.05, 0.1) is 22.1 Å². The summed E-state index contributed by atoms with van der Waals surface area (Å²) < 4.78 is 4.70. The Hall–Kier alpha value is -8.55. The third-order valence-electron chi connectivity index (χ3n) is 11.7. The SMILES string of the molecule is c1ccc(-c2ccc(-c3nc(-c4cc(-n5c6ccccc6c6ccccc65)cc(-n5c6ccccc6c6ccccc65)c4)nc(-c4ccc(-c5ccccc5)cn4)n3)nc2)cc1. The van der Waals surface area contributed by atoms with Crippen molar-refractivity contribution >= 4 is 43.6 Å². The van der Waals surface area contributed by atoms with Crippen LogP contribution in [0.25, 0.3) is 112 Å². The van der Waals surface area contributed by atoms with E-state index in [2.05, 4.69) is 161 Å².